The van der Waals surface area contributed by atoms with E-state index in [0.29, 0.717) is 37.6 Å². The molecular weight excluding hydrogens is 547 g/mol. The Balaban J connectivity index is 1.86. The maximum Gasteiger partial charge on any atom is 0.416 e. The number of halogens is 3. The maximum atomic E-state index is 14.1. The van der Waals surface area contributed by atoms with Crippen molar-refractivity contribution >= 4 is 11.6 Å². The van der Waals surface area contributed by atoms with Gasteiger partial charge in [-0.05, 0) is 76.1 Å². The number of hydrogen-bond donors (Lipinski definition) is 1. The first kappa shape index (κ1) is 33.7. The highest BCUT2D eigenvalue weighted by Gasteiger charge is 2.31. The van der Waals surface area contributed by atoms with Crippen LogP contribution in [0.2, 0.25) is 0 Å². The van der Waals surface area contributed by atoms with E-state index in [4.69, 9.17) is 9.47 Å². The van der Waals surface area contributed by atoms with Crippen LogP contribution in [0.25, 0.3) is 0 Å². The summed E-state index contributed by atoms with van der Waals surface area (Å²) in [7, 11) is 5.74. The molecule has 1 aliphatic heterocycles. The van der Waals surface area contributed by atoms with Crippen LogP contribution in [0.15, 0.2) is 42.5 Å². The zero-order valence-electron chi connectivity index (χ0n) is 25.7. The zero-order valence-corrected chi connectivity index (χ0v) is 25.7. The Labute approximate surface area is 248 Å². The van der Waals surface area contributed by atoms with Crippen molar-refractivity contribution in [2.75, 3.05) is 52.3 Å². The SMILES string of the molecule is C[C@@H]1CCCCO[C@@H](CN(C)Cc2ccc(C(F)(F)F)cc2)[C@H](C)CN([C@H](C)CO)C(=O)c2cc(N(C)C)ccc2O1. The molecule has 234 valence electrons. The Hall–Kier alpha value is -2.82. The molecule has 0 aromatic heterocycles. The lowest BCUT2D eigenvalue weighted by atomic mass is 10.0. The van der Waals surface area contributed by atoms with Crippen molar-refractivity contribution in [1.82, 2.24) is 9.80 Å². The molecule has 1 amide bonds. The Morgan fingerprint density at radius 3 is 2.38 bits per heavy atom. The smallest absolute Gasteiger partial charge is 0.416 e. The van der Waals surface area contributed by atoms with Crippen molar-refractivity contribution in [2.24, 2.45) is 5.92 Å². The predicted octanol–water partition coefficient (Wildman–Crippen LogP) is 5.70. The molecule has 2 aromatic rings. The van der Waals surface area contributed by atoms with Gasteiger partial charge in [-0.25, -0.2) is 0 Å². The summed E-state index contributed by atoms with van der Waals surface area (Å²) in [5.41, 5.74) is 1.43. The predicted molar refractivity (Wildman–Crippen MR) is 159 cm³/mol. The minimum Gasteiger partial charge on any atom is -0.490 e. The average Bonchev–Trinajstić information content (AvgIpc) is 2.93. The molecule has 0 bridgehead atoms. The van der Waals surface area contributed by atoms with Gasteiger partial charge in [0.05, 0.1) is 36.0 Å². The van der Waals surface area contributed by atoms with E-state index in [1.54, 1.807) is 4.90 Å². The van der Waals surface area contributed by atoms with Gasteiger partial charge in [-0.1, -0.05) is 19.1 Å². The lowest BCUT2D eigenvalue weighted by Crippen LogP contribution is -2.47. The highest BCUT2D eigenvalue weighted by atomic mass is 19.4. The van der Waals surface area contributed by atoms with Gasteiger partial charge in [-0.15, -0.1) is 0 Å². The standard InChI is InChI=1S/C32H46F3N3O4/c1-22-18-38(23(2)21-39)31(40)28-17-27(36(4)5)14-15-29(28)42-24(3)9-7-8-16-41-30(22)20-37(6)19-25-10-12-26(13-11-25)32(33,34)35/h10-15,17,22-24,30,39H,7-9,16,18-21H2,1-6H3/t22-,23-,24-,30+/m1/s1. The van der Waals surface area contributed by atoms with Crippen molar-refractivity contribution in [3.05, 3.63) is 59.2 Å². The monoisotopic (exact) mass is 593 g/mol. The summed E-state index contributed by atoms with van der Waals surface area (Å²) in [5.74, 6) is 0.214. The van der Waals surface area contributed by atoms with Gasteiger partial charge in [0.1, 0.15) is 5.75 Å². The highest BCUT2D eigenvalue weighted by molar-refractivity contribution is 5.98. The minimum atomic E-state index is -4.37. The molecule has 0 unspecified atom stereocenters. The first-order valence-corrected chi connectivity index (χ1v) is 14.7. The Kier molecular flexibility index (Phi) is 12.1. The van der Waals surface area contributed by atoms with E-state index in [1.807, 2.05) is 69.9 Å². The molecule has 2 aromatic carbocycles. The van der Waals surface area contributed by atoms with Gasteiger partial charge in [-0.3, -0.25) is 9.69 Å². The normalized spacial score (nSPS) is 21.8. The van der Waals surface area contributed by atoms with Gasteiger partial charge >= 0.3 is 6.18 Å². The molecule has 0 saturated heterocycles. The number of alkyl halides is 3. The van der Waals surface area contributed by atoms with E-state index in [0.717, 1.165) is 42.6 Å². The first-order chi connectivity index (χ1) is 19.8. The number of ether oxygens (including phenoxy) is 2. The van der Waals surface area contributed by atoms with Crippen molar-refractivity contribution < 1.29 is 32.5 Å². The fraction of sp³-hybridized carbons (Fsp3) is 0.594. The first-order valence-electron chi connectivity index (χ1n) is 14.7. The summed E-state index contributed by atoms with van der Waals surface area (Å²) in [6, 6.07) is 10.4. The molecule has 3 rings (SSSR count). The molecule has 1 N–H and O–H groups in total. The van der Waals surface area contributed by atoms with E-state index in [1.165, 1.54) is 12.1 Å². The number of fused-ring (bicyclic) bond motifs is 1. The Morgan fingerprint density at radius 1 is 1.07 bits per heavy atom. The third kappa shape index (κ3) is 9.34. The van der Waals surface area contributed by atoms with Crippen LogP contribution >= 0.6 is 0 Å². The number of hydrogen-bond acceptors (Lipinski definition) is 6. The summed E-state index contributed by atoms with van der Waals surface area (Å²) in [6.07, 6.45) is -2.16. The second kappa shape index (κ2) is 15.1. The van der Waals surface area contributed by atoms with Gasteiger partial charge < -0.3 is 24.4 Å². The number of amides is 1. The Morgan fingerprint density at radius 2 is 1.76 bits per heavy atom. The van der Waals surface area contributed by atoms with E-state index >= 15 is 0 Å². The number of aliphatic hydroxyl groups excluding tert-OH is 1. The van der Waals surface area contributed by atoms with Crippen molar-refractivity contribution in [3.8, 4) is 5.75 Å². The van der Waals surface area contributed by atoms with Crippen LogP contribution in [0.5, 0.6) is 5.75 Å². The molecule has 0 radical (unpaired) electrons. The lowest BCUT2D eigenvalue weighted by molar-refractivity contribution is -0.137. The third-order valence-corrected chi connectivity index (χ3v) is 7.78. The number of benzene rings is 2. The Bertz CT molecular complexity index is 1140. The summed E-state index contributed by atoms with van der Waals surface area (Å²) >= 11 is 0. The molecule has 4 atom stereocenters. The summed E-state index contributed by atoms with van der Waals surface area (Å²) in [5, 5.41) is 10.1. The van der Waals surface area contributed by atoms with Gasteiger partial charge in [0, 0.05) is 51.9 Å². The quantitative estimate of drug-likeness (QED) is 0.445. The summed E-state index contributed by atoms with van der Waals surface area (Å²) < 4.78 is 51.6. The van der Waals surface area contributed by atoms with E-state index in [9.17, 15) is 23.1 Å². The van der Waals surface area contributed by atoms with Gasteiger partial charge in [0.2, 0.25) is 0 Å². The van der Waals surface area contributed by atoms with Gasteiger partial charge in [0.25, 0.3) is 5.91 Å². The number of carbonyl (C=O) groups excluding carboxylic acids is 1. The third-order valence-electron chi connectivity index (χ3n) is 7.78. The zero-order chi connectivity index (χ0) is 31.0. The molecule has 0 saturated carbocycles. The second-order valence-electron chi connectivity index (χ2n) is 11.8. The van der Waals surface area contributed by atoms with Crippen LogP contribution in [0.4, 0.5) is 18.9 Å². The van der Waals surface area contributed by atoms with Crippen LogP contribution in [0.3, 0.4) is 0 Å². The fourth-order valence-electron chi connectivity index (χ4n) is 5.13. The number of likely N-dealkylation sites (N-methyl/N-ethyl adjacent to an activating group) is 1. The second-order valence-corrected chi connectivity index (χ2v) is 11.8. The van der Waals surface area contributed by atoms with Crippen LogP contribution in [-0.4, -0.2) is 86.5 Å². The number of carbonyl (C=O) groups is 1. The number of nitrogens with zero attached hydrogens (tertiary/aromatic N) is 3. The van der Waals surface area contributed by atoms with Crippen LogP contribution in [0, 0.1) is 5.92 Å². The number of anilines is 1. The highest BCUT2D eigenvalue weighted by Crippen LogP contribution is 2.30. The van der Waals surface area contributed by atoms with Crippen molar-refractivity contribution in [3.63, 3.8) is 0 Å². The van der Waals surface area contributed by atoms with Crippen LogP contribution in [0.1, 0.15) is 61.5 Å². The molecule has 10 heteroatoms. The summed E-state index contributed by atoms with van der Waals surface area (Å²) in [6.45, 7) is 7.52. The molecule has 7 nitrogen and oxygen atoms in total. The molecular formula is C32H46F3N3O4. The maximum absolute atomic E-state index is 14.1. The number of aliphatic hydroxyl groups is 1. The molecule has 1 aliphatic rings. The van der Waals surface area contributed by atoms with E-state index in [-0.39, 0.29) is 30.6 Å². The van der Waals surface area contributed by atoms with E-state index < -0.39 is 17.8 Å². The topological polar surface area (TPSA) is 65.5 Å². The lowest BCUT2D eigenvalue weighted by Gasteiger charge is -2.36. The molecule has 42 heavy (non-hydrogen) atoms. The molecule has 0 spiro atoms. The molecule has 0 aliphatic carbocycles. The summed E-state index contributed by atoms with van der Waals surface area (Å²) in [4.78, 5) is 19.7. The van der Waals surface area contributed by atoms with E-state index in [2.05, 4.69) is 0 Å². The van der Waals surface area contributed by atoms with Crippen molar-refractivity contribution in [1.29, 1.82) is 0 Å². The van der Waals surface area contributed by atoms with Gasteiger partial charge in [-0.2, -0.15) is 13.2 Å². The van der Waals surface area contributed by atoms with Crippen LogP contribution < -0.4 is 9.64 Å². The van der Waals surface area contributed by atoms with Gasteiger partial charge in [0.15, 0.2) is 0 Å². The molecule has 0 fully saturated rings. The van der Waals surface area contributed by atoms with Crippen LogP contribution in [-0.2, 0) is 17.5 Å². The minimum absolute atomic E-state index is 0.0960. The largest absolute Gasteiger partial charge is 0.490 e. The average molecular weight is 594 g/mol. The molecule has 1 heterocycles. The fourth-order valence-corrected chi connectivity index (χ4v) is 5.13. The number of rotatable bonds is 7. The van der Waals surface area contributed by atoms with Crippen molar-refractivity contribution in [2.45, 2.75) is 71.0 Å².